The summed E-state index contributed by atoms with van der Waals surface area (Å²) in [5.41, 5.74) is 0.966. The van der Waals surface area contributed by atoms with Crippen LogP contribution in [0.25, 0.3) is 5.69 Å². The molecule has 1 N–H and O–H groups in total. The largest absolute Gasteiger partial charge is 0.390 e. The molecule has 0 bridgehead atoms. The zero-order chi connectivity index (χ0) is 11.7. The molecule has 0 aliphatic heterocycles. The SMILES string of the molecule is OCc1c(Cl)nc(Cl)n1-c1ccc(F)cc1. The van der Waals surface area contributed by atoms with Crippen LogP contribution < -0.4 is 0 Å². The van der Waals surface area contributed by atoms with E-state index >= 15 is 0 Å². The molecule has 0 unspecified atom stereocenters. The molecule has 0 fully saturated rings. The molecule has 0 aliphatic carbocycles. The van der Waals surface area contributed by atoms with E-state index < -0.39 is 0 Å². The van der Waals surface area contributed by atoms with E-state index in [0.29, 0.717) is 11.4 Å². The van der Waals surface area contributed by atoms with Crippen LogP contribution in [-0.2, 0) is 6.61 Å². The second kappa shape index (κ2) is 4.41. The third-order valence-corrected chi connectivity index (χ3v) is 2.67. The normalized spacial score (nSPS) is 10.8. The van der Waals surface area contributed by atoms with Crippen LogP contribution in [-0.4, -0.2) is 14.7 Å². The molecule has 2 rings (SSSR count). The number of halogens is 3. The van der Waals surface area contributed by atoms with Crippen LogP contribution in [0.1, 0.15) is 5.69 Å². The number of hydrogen-bond acceptors (Lipinski definition) is 2. The first-order valence-corrected chi connectivity index (χ1v) is 5.18. The van der Waals surface area contributed by atoms with Gasteiger partial charge in [0.05, 0.1) is 12.3 Å². The molecule has 0 amide bonds. The van der Waals surface area contributed by atoms with Gasteiger partial charge >= 0.3 is 0 Å². The maximum atomic E-state index is 12.8. The first-order chi connectivity index (χ1) is 7.63. The van der Waals surface area contributed by atoms with E-state index in [9.17, 15) is 4.39 Å². The van der Waals surface area contributed by atoms with Crippen molar-refractivity contribution < 1.29 is 9.50 Å². The molecule has 3 nitrogen and oxygen atoms in total. The summed E-state index contributed by atoms with van der Waals surface area (Å²) in [6, 6.07) is 5.64. The van der Waals surface area contributed by atoms with Crippen molar-refractivity contribution in [2.24, 2.45) is 0 Å². The lowest BCUT2D eigenvalue weighted by Gasteiger charge is -2.07. The van der Waals surface area contributed by atoms with Crippen molar-refractivity contribution in [2.75, 3.05) is 0 Å². The Labute approximate surface area is 101 Å². The molecule has 2 aromatic rings. The van der Waals surface area contributed by atoms with Crippen LogP contribution in [0.5, 0.6) is 0 Å². The molecule has 84 valence electrons. The summed E-state index contributed by atoms with van der Waals surface area (Å²) in [6.45, 7) is -0.296. The smallest absolute Gasteiger partial charge is 0.209 e. The van der Waals surface area contributed by atoms with Crippen LogP contribution in [0.4, 0.5) is 4.39 Å². The van der Waals surface area contributed by atoms with Gasteiger partial charge in [-0.1, -0.05) is 11.6 Å². The minimum absolute atomic E-state index is 0.126. The average Bonchev–Trinajstić information content (AvgIpc) is 2.54. The Morgan fingerprint density at radius 3 is 2.44 bits per heavy atom. The molecule has 0 radical (unpaired) electrons. The highest BCUT2D eigenvalue weighted by Gasteiger charge is 2.14. The van der Waals surface area contributed by atoms with Gasteiger partial charge < -0.3 is 5.11 Å². The van der Waals surface area contributed by atoms with Crippen molar-refractivity contribution in [2.45, 2.75) is 6.61 Å². The van der Waals surface area contributed by atoms with Gasteiger partial charge in [-0.25, -0.2) is 9.37 Å². The van der Waals surface area contributed by atoms with Crippen LogP contribution in [0, 0.1) is 5.82 Å². The standard InChI is InChI=1S/C10H7Cl2FN2O/c11-9-8(5-16)15(10(12)14-9)7-3-1-6(13)2-4-7/h1-4,16H,5H2. The first-order valence-electron chi connectivity index (χ1n) is 4.43. The van der Waals surface area contributed by atoms with Crippen molar-refractivity contribution in [3.05, 3.63) is 46.2 Å². The number of hydrogen-bond donors (Lipinski definition) is 1. The molecule has 16 heavy (non-hydrogen) atoms. The highest BCUT2D eigenvalue weighted by molar-refractivity contribution is 6.33. The molecule has 1 heterocycles. The lowest BCUT2D eigenvalue weighted by Crippen LogP contribution is -2.00. The summed E-state index contributed by atoms with van der Waals surface area (Å²) >= 11 is 11.6. The van der Waals surface area contributed by atoms with Gasteiger partial charge in [-0.3, -0.25) is 4.57 Å². The number of imidazole rings is 1. The fraction of sp³-hybridized carbons (Fsp3) is 0.100. The fourth-order valence-corrected chi connectivity index (χ4v) is 1.94. The van der Waals surface area contributed by atoms with Crippen molar-refractivity contribution in [1.82, 2.24) is 9.55 Å². The Kier molecular flexibility index (Phi) is 3.14. The van der Waals surface area contributed by atoms with E-state index in [1.165, 1.54) is 28.8 Å². The molecule has 0 aliphatic rings. The monoisotopic (exact) mass is 260 g/mol. The van der Waals surface area contributed by atoms with Gasteiger partial charge in [-0.2, -0.15) is 0 Å². The van der Waals surface area contributed by atoms with Crippen molar-refractivity contribution in [3.8, 4) is 5.69 Å². The summed E-state index contributed by atoms with van der Waals surface area (Å²) in [6.07, 6.45) is 0. The van der Waals surface area contributed by atoms with E-state index in [-0.39, 0.29) is 22.9 Å². The minimum Gasteiger partial charge on any atom is -0.390 e. The number of benzene rings is 1. The zero-order valence-corrected chi connectivity index (χ0v) is 9.50. The predicted molar refractivity (Wildman–Crippen MR) is 59.5 cm³/mol. The molecule has 0 saturated carbocycles. The van der Waals surface area contributed by atoms with Gasteiger partial charge in [0.1, 0.15) is 5.82 Å². The molecule has 0 saturated heterocycles. The number of aliphatic hydroxyl groups excluding tert-OH is 1. The average molecular weight is 261 g/mol. The molecule has 0 atom stereocenters. The Bertz CT molecular complexity index is 510. The van der Waals surface area contributed by atoms with Crippen LogP contribution in [0.15, 0.2) is 24.3 Å². The first kappa shape index (κ1) is 11.4. The topological polar surface area (TPSA) is 38.1 Å². The number of rotatable bonds is 2. The Morgan fingerprint density at radius 1 is 1.25 bits per heavy atom. The Morgan fingerprint density at radius 2 is 1.88 bits per heavy atom. The molecule has 6 heteroatoms. The summed E-state index contributed by atoms with van der Waals surface area (Å²) in [4.78, 5) is 3.82. The second-order valence-corrected chi connectivity index (χ2v) is 3.78. The van der Waals surface area contributed by atoms with Crippen molar-refractivity contribution in [3.63, 3.8) is 0 Å². The lowest BCUT2D eigenvalue weighted by molar-refractivity contribution is 0.275. The number of nitrogens with zero attached hydrogens (tertiary/aromatic N) is 2. The second-order valence-electron chi connectivity index (χ2n) is 3.09. The maximum absolute atomic E-state index is 12.8. The maximum Gasteiger partial charge on any atom is 0.209 e. The number of aromatic nitrogens is 2. The fourth-order valence-electron chi connectivity index (χ4n) is 1.39. The molecule has 1 aromatic carbocycles. The molecule has 1 aromatic heterocycles. The third kappa shape index (κ3) is 1.91. The van der Waals surface area contributed by atoms with Gasteiger partial charge in [0.25, 0.3) is 0 Å². The van der Waals surface area contributed by atoms with Gasteiger partial charge in [0, 0.05) is 5.69 Å². The third-order valence-electron chi connectivity index (χ3n) is 2.12. The zero-order valence-electron chi connectivity index (χ0n) is 7.99. The highest BCUT2D eigenvalue weighted by Crippen LogP contribution is 2.25. The number of aliphatic hydroxyl groups is 1. The Balaban J connectivity index is 2.59. The van der Waals surface area contributed by atoms with E-state index in [1.807, 2.05) is 0 Å². The van der Waals surface area contributed by atoms with Crippen molar-refractivity contribution in [1.29, 1.82) is 0 Å². The highest BCUT2D eigenvalue weighted by atomic mass is 35.5. The summed E-state index contributed by atoms with van der Waals surface area (Å²) in [5.74, 6) is -0.350. The molecule has 0 spiro atoms. The van der Waals surface area contributed by atoms with E-state index in [1.54, 1.807) is 0 Å². The molecular weight excluding hydrogens is 254 g/mol. The molecular formula is C10H7Cl2FN2O. The van der Waals surface area contributed by atoms with Gasteiger partial charge in [-0.15, -0.1) is 0 Å². The van der Waals surface area contributed by atoms with Crippen molar-refractivity contribution >= 4 is 23.2 Å². The summed E-state index contributed by atoms with van der Waals surface area (Å²) in [7, 11) is 0. The minimum atomic E-state index is -0.350. The summed E-state index contributed by atoms with van der Waals surface area (Å²) in [5, 5.41) is 9.41. The summed E-state index contributed by atoms with van der Waals surface area (Å²) < 4.78 is 14.2. The van der Waals surface area contributed by atoms with E-state index in [4.69, 9.17) is 28.3 Å². The lowest BCUT2D eigenvalue weighted by atomic mass is 10.3. The quantitative estimate of drug-likeness (QED) is 0.902. The Hall–Kier alpha value is -1.10. The predicted octanol–water partition coefficient (Wildman–Crippen LogP) is 2.81. The van der Waals surface area contributed by atoms with E-state index in [0.717, 1.165) is 0 Å². The van der Waals surface area contributed by atoms with Crippen LogP contribution in [0.3, 0.4) is 0 Å². The van der Waals surface area contributed by atoms with Crippen LogP contribution in [0.2, 0.25) is 10.4 Å². The van der Waals surface area contributed by atoms with E-state index in [2.05, 4.69) is 4.98 Å². The van der Waals surface area contributed by atoms with Gasteiger partial charge in [-0.05, 0) is 35.9 Å². The van der Waals surface area contributed by atoms with Gasteiger partial charge in [0.15, 0.2) is 5.15 Å². The van der Waals surface area contributed by atoms with Crippen LogP contribution >= 0.6 is 23.2 Å². The van der Waals surface area contributed by atoms with Gasteiger partial charge in [0.2, 0.25) is 5.28 Å².